The summed E-state index contributed by atoms with van der Waals surface area (Å²) in [7, 11) is 0. The van der Waals surface area contributed by atoms with E-state index in [1.807, 2.05) is 24.3 Å². The van der Waals surface area contributed by atoms with E-state index >= 15 is 0 Å². The molecule has 1 atom stereocenters. The molecule has 0 aliphatic carbocycles. The number of nitrogens with zero attached hydrogens (tertiary/aromatic N) is 2. The van der Waals surface area contributed by atoms with Crippen LogP contribution in [0, 0.1) is 0 Å². The van der Waals surface area contributed by atoms with Crippen molar-refractivity contribution in [2.75, 3.05) is 12.3 Å². The molecule has 1 saturated heterocycles. The first-order valence-electron chi connectivity index (χ1n) is 5.64. The molecule has 1 aliphatic heterocycles. The fourth-order valence-electron chi connectivity index (χ4n) is 1.93. The zero-order valence-electron chi connectivity index (χ0n) is 9.30. The summed E-state index contributed by atoms with van der Waals surface area (Å²) < 4.78 is 10.7. The SMILES string of the molecule is Nc1cccc(-c2noc(C3CCCO3)n2)c1. The summed E-state index contributed by atoms with van der Waals surface area (Å²) in [6.45, 7) is 0.765. The van der Waals surface area contributed by atoms with Crippen LogP contribution in [0.3, 0.4) is 0 Å². The Morgan fingerprint density at radius 2 is 2.29 bits per heavy atom. The maximum Gasteiger partial charge on any atom is 0.256 e. The molecule has 2 heterocycles. The number of ether oxygens (including phenoxy) is 1. The van der Waals surface area contributed by atoms with E-state index in [-0.39, 0.29) is 6.10 Å². The number of hydrogen-bond donors (Lipinski definition) is 1. The predicted octanol–water partition coefficient (Wildman–Crippen LogP) is 2.17. The molecule has 0 amide bonds. The van der Waals surface area contributed by atoms with Crippen molar-refractivity contribution in [3.05, 3.63) is 30.2 Å². The molecule has 1 aromatic heterocycles. The summed E-state index contributed by atoms with van der Waals surface area (Å²) in [6.07, 6.45) is 1.94. The molecule has 0 radical (unpaired) electrons. The highest BCUT2D eigenvalue weighted by Crippen LogP contribution is 2.28. The fourth-order valence-corrected chi connectivity index (χ4v) is 1.93. The van der Waals surface area contributed by atoms with Gasteiger partial charge in [-0.1, -0.05) is 17.3 Å². The molecule has 2 aromatic rings. The number of nitrogens with two attached hydrogens (primary N) is 1. The summed E-state index contributed by atoms with van der Waals surface area (Å²) in [5, 5.41) is 3.95. The van der Waals surface area contributed by atoms with Gasteiger partial charge in [0.15, 0.2) is 0 Å². The Kier molecular flexibility index (Phi) is 2.53. The van der Waals surface area contributed by atoms with Crippen LogP contribution < -0.4 is 5.73 Å². The first-order chi connectivity index (χ1) is 8.33. The topological polar surface area (TPSA) is 74.2 Å². The Morgan fingerprint density at radius 3 is 3.06 bits per heavy atom. The lowest BCUT2D eigenvalue weighted by Crippen LogP contribution is -1.95. The quantitative estimate of drug-likeness (QED) is 0.802. The van der Waals surface area contributed by atoms with Crippen LogP contribution in [-0.2, 0) is 4.74 Å². The highest BCUT2D eigenvalue weighted by atomic mass is 16.5. The molecule has 17 heavy (non-hydrogen) atoms. The van der Waals surface area contributed by atoms with E-state index in [1.54, 1.807) is 0 Å². The van der Waals surface area contributed by atoms with Gasteiger partial charge in [-0.05, 0) is 25.0 Å². The summed E-state index contributed by atoms with van der Waals surface area (Å²) >= 11 is 0. The Morgan fingerprint density at radius 1 is 1.35 bits per heavy atom. The van der Waals surface area contributed by atoms with Gasteiger partial charge >= 0.3 is 0 Å². The van der Waals surface area contributed by atoms with E-state index < -0.39 is 0 Å². The minimum absolute atomic E-state index is 0.0442. The first-order valence-corrected chi connectivity index (χ1v) is 5.64. The number of hydrogen-bond acceptors (Lipinski definition) is 5. The van der Waals surface area contributed by atoms with E-state index in [4.69, 9.17) is 15.0 Å². The summed E-state index contributed by atoms with van der Waals surface area (Å²) in [5.74, 6) is 1.11. The molecule has 1 unspecified atom stereocenters. The van der Waals surface area contributed by atoms with Gasteiger partial charge < -0.3 is 15.0 Å². The van der Waals surface area contributed by atoms with Crippen molar-refractivity contribution in [2.45, 2.75) is 18.9 Å². The number of aromatic nitrogens is 2. The summed E-state index contributed by atoms with van der Waals surface area (Å²) in [6, 6.07) is 7.42. The van der Waals surface area contributed by atoms with Crippen LogP contribution in [0.1, 0.15) is 24.8 Å². The second kappa shape index (κ2) is 4.18. The van der Waals surface area contributed by atoms with Gasteiger partial charge in [-0.2, -0.15) is 4.98 Å². The normalized spacial score (nSPS) is 19.6. The Bertz CT molecular complexity index is 518. The predicted molar refractivity (Wildman–Crippen MR) is 62.1 cm³/mol. The van der Waals surface area contributed by atoms with E-state index in [0.717, 1.165) is 25.0 Å². The van der Waals surface area contributed by atoms with Crippen LogP contribution >= 0.6 is 0 Å². The van der Waals surface area contributed by atoms with Crippen molar-refractivity contribution in [1.82, 2.24) is 10.1 Å². The maximum atomic E-state index is 5.71. The molecular weight excluding hydrogens is 218 g/mol. The number of rotatable bonds is 2. The van der Waals surface area contributed by atoms with Gasteiger partial charge in [0.1, 0.15) is 6.10 Å². The van der Waals surface area contributed by atoms with Crippen LogP contribution in [0.5, 0.6) is 0 Å². The van der Waals surface area contributed by atoms with Crippen LogP contribution in [0.15, 0.2) is 28.8 Å². The van der Waals surface area contributed by atoms with Crippen molar-refractivity contribution in [3.63, 3.8) is 0 Å². The molecule has 5 heteroatoms. The third kappa shape index (κ3) is 2.01. The van der Waals surface area contributed by atoms with Gasteiger partial charge in [0.25, 0.3) is 5.89 Å². The third-order valence-corrected chi connectivity index (χ3v) is 2.79. The zero-order chi connectivity index (χ0) is 11.7. The lowest BCUT2D eigenvalue weighted by molar-refractivity contribution is 0.0835. The Balaban J connectivity index is 1.89. The maximum absolute atomic E-state index is 5.71. The average molecular weight is 231 g/mol. The molecule has 3 rings (SSSR count). The van der Waals surface area contributed by atoms with Gasteiger partial charge in [-0.15, -0.1) is 0 Å². The van der Waals surface area contributed by atoms with Crippen molar-refractivity contribution >= 4 is 5.69 Å². The summed E-state index contributed by atoms with van der Waals surface area (Å²) in [4.78, 5) is 4.35. The molecule has 0 saturated carbocycles. The molecule has 0 spiro atoms. The molecular formula is C12H13N3O2. The van der Waals surface area contributed by atoms with Gasteiger partial charge in [-0.3, -0.25) is 0 Å². The summed E-state index contributed by atoms with van der Waals surface area (Å²) in [5.41, 5.74) is 7.26. The molecule has 88 valence electrons. The van der Waals surface area contributed by atoms with E-state index in [0.29, 0.717) is 17.4 Å². The van der Waals surface area contributed by atoms with Gasteiger partial charge in [-0.25, -0.2) is 0 Å². The van der Waals surface area contributed by atoms with Gasteiger partial charge in [0.2, 0.25) is 5.82 Å². The van der Waals surface area contributed by atoms with E-state index in [1.165, 1.54) is 0 Å². The number of anilines is 1. The zero-order valence-corrected chi connectivity index (χ0v) is 9.30. The van der Waals surface area contributed by atoms with Crippen molar-refractivity contribution < 1.29 is 9.26 Å². The van der Waals surface area contributed by atoms with Gasteiger partial charge in [0.05, 0.1) is 0 Å². The standard InChI is InChI=1S/C12H13N3O2/c13-9-4-1-3-8(7-9)11-14-12(17-15-11)10-5-2-6-16-10/h1,3-4,7,10H,2,5-6,13H2. The van der Waals surface area contributed by atoms with Crippen molar-refractivity contribution in [1.29, 1.82) is 0 Å². The van der Waals surface area contributed by atoms with Crippen LogP contribution in [0.2, 0.25) is 0 Å². The van der Waals surface area contributed by atoms with E-state index in [9.17, 15) is 0 Å². The fraction of sp³-hybridized carbons (Fsp3) is 0.333. The van der Waals surface area contributed by atoms with Gasteiger partial charge in [0, 0.05) is 17.9 Å². The second-order valence-corrected chi connectivity index (χ2v) is 4.08. The highest BCUT2D eigenvalue weighted by molar-refractivity contribution is 5.60. The Hall–Kier alpha value is -1.88. The average Bonchev–Trinajstić information content (AvgIpc) is 3.00. The van der Waals surface area contributed by atoms with Crippen molar-refractivity contribution in [3.8, 4) is 11.4 Å². The largest absolute Gasteiger partial charge is 0.399 e. The molecule has 1 fully saturated rings. The lowest BCUT2D eigenvalue weighted by Gasteiger charge is -2.00. The second-order valence-electron chi connectivity index (χ2n) is 4.08. The smallest absolute Gasteiger partial charge is 0.256 e. The minimum atomic E-state index is -0.0442. The van der Waals surface area contributed by atoms with Crippen LogP contribution in [-0.4, -0.2) is 16.7 Å². The highest BCUT2D eigenvalue weighted by Gasteiger charge is 2.24. The van der Waals surface area contributed by atoms with Crippen molar-refractivity contribution in [2.24, 2.45) is 0 Å². The minimum Gasteiger partial charge on any atom is -0.399 e. The lowest BCUT2D eigenvalue weighted by atomic mass is 10.2. The monoisotopic (exact) mass is 231 g/mol. The van der Waals surface area contributed by atoms with E-state index in [2.05, 4.69) is 10.1 Å². The Labute approximate surface area is 98.6 Å². The first kappa shape index (κ1) is 10.3. The molecule has 0 bridgehead atoms. The van der Waals surface area contributed by atoms with Crippen LogP contribution in [0.4, 0.5) is 5.69 Å². The molecule has 5 nitrogen and oxygen atoms in total. The number of nitrogen functional groups attached to an aromatic ring is 1. The molecule has 2 N–H and O–H groups in total. The molecule has 1 aromatic carbocycles. The number of benzene rings is 1. The third-order valence-electron chi connectivity index (χ3n) is 2.79. The van der Waals surface area contributed by atoms with Crippen LogP contribution in [0.25, 0.3) is 11.4 Å². The molecule has 1 aliphatic rings.